The minimum atomic E-state index is -3.96. The van der Waals surface area contributed by atoms with Crippen LogP contribution < -0.4 is 5.48 Å². The van der Waals surface area contributed by atoms with Crippen LogP contribution in [0.2, 0.25) is 0 Å². The molecule has 8 heteroatoms. The number of hydroxylamine groups is 1. The average molecular weight is 288 g/mol. The standard InChI is InChI=1S/C11H16N2O5S/c1-13(2)19(16,17)18-12-10(11(14)15)8-9-6-4-3-5-7-9/h3-7,10,12H,8H2,1-2H3,(H,14,15)/t10-/m0/s1. The highest BCUT2D eigenvalue weighted by molar-refractivity contribution is 7.84. The van der Waals surface area contributed by atoms with Crippen LogP contribution in [0.15, 0.2) is 30.3 Å². The van der Waals surface area contributed by atoms with Crippen molar-refractivity contribution in [3.63, 3.8) is 0 Å². The van der Waals surface area contributed by atoms with Gasteiger partial charge in [0.2, 0.25) is 0 Å². The Kier molecular flexibility index (Phi) is 5.43. The quantitative estimate of drug-likeness (QED) is 0.686. The van der Waals surface area contributed by atoms with Crippen molar-refractivity contribution in [2.45, 2.75) is 12.5 Å². The summed E-state index contributed by atoms with van der Waals surface area (Å²) in [7, 11) is -1.40. The number of carbonyl (C=O) groups is 1. The summed E-state index contributed by atoms with van der Waals surface area (Å²) < 4.78 is 28.0. The smallest absolute Gasteiger partial charge is 0.354 e. The fourth-order valence-corrected chi connectivity index (χ4v) is 1.61. The summed E-state index contributed by atoms with van der Waals surface area (Å²) >= 11 is 0. The Balaban J connectivity index is 2.68. The number of nitrogens with one attached hydrogen (secondary N) is 1. The molecule has 106 valence electrons. The lowest BCUT2D eigenvalue weighted by Crippen LogP contribution is -2.42. The number of carboxylic acids is 1. The van der Waals surface area contributed by atoms with Gasteiger partial charge in [0.1, 0.15) is 6.04 Å². The maximum absolute atomic E-state index is 11.4. The van der Waals surface area contributed by atoms with Crippen LogP contribution >= 0.6 is 0 Å². The van der Waals surface area contributed by atoms with E-state index in [0.29, 0.717) is 0 Å². The second-order valence-electron chi connectivity index (χ2n) is 4.02. The number of rotatable bonds is 7. The summed E-state index contributed by atoms with van der Waals surface area (Å²) in [4.78, 5) is 11.0. The van der Waals surface area contributed by atoms with Gasteiger partial charge in [-0.15, -0.1) is 0 Å². The third-order valence-electron chi connectivity index (χ3n) is 2.32. The highest BCUT2D eigenvalue weighted by Gasteiger charge is 2.22. The molecule has 0 bridgehead atoms. The van der Waals surface area contributed by atoms with Crippen molar-refractivity contribution in [1.82, 2.24) is 9.79 Å². The Hall–Kier alpha value is -1.48. The summed E-state index contributed by atoms with van der Waals surface area (Å²) in [6.45, 7) is 0. The van der Waals surface area contributed by atoms with Crippen LogP contribution in [-0.4, -0.2) is 43.9 Å². The van der Waals surface area contributed by atoms with E-state index in [9.17, 15) is 13.2 Å². The zero-order chi connectivity index (χ0) is 14.5. The molecule has 0 heterocycles. The molecule has 0 saturated heterocycles. The van der Waals surface area contributed by atoms with E-state index >= 15 is 0 Å². The summed E-state index contributed by atoms with van der Waals surface area (Å²) in [6.07, 6.45) is 0.110. The van der Waals surface area contributed by atoms with Gasteiger partial charge in [-0.2, -0.15) is 22.5 Å². The van der Waals surface area contributed by atoms with Crippen molar-refractivity contribution in [3.8, 4) is 0 Å². The van der Waals surface area contributed by atoms with Crippen LogP contribution in [0.25, 0.3) is 0 Å². The number of aliphatic carboxylic acids is 1. The number of hydrogen-bond donors (Lipinski definition) is 2. The van der Waals surface area contributed by atoms with Gasteiger partial charge in [-0.3, -0.25) is 4.79 Å². The van der Waals surface area contributed by atoms with Gasteiger partial charge in [0.05, 0.1) is 0 Å². The van der Waals surface area contributed by atoms with Gasteiger partial charge < -0.3 is 5.11 Å². The van der Waals surface area contributed by atoms with Gasteiger partial charge in [0.25, 0.3) is 0 Å². The number of benzene rings is 1. The zero-order valence-corrected chi connectivity index (χ0v) is 11.4. The Bertz CT molecular complexity index is 515. The largest absolute Gasteiger partial charge is 0.480 e. The van der Waals surface area contributed by atoms with Crippen LogP contribution in [0.4, 0.5) is 0 Å². The van der Waals surface area contributed by atoms with Crippen LogP contribution in [-0.2, 0) is 25.8 Å². The third kappa shape index (κ3) is 4.95. The van der Waals surface area contributed by atoms with Gasteiger partial charge >= 0.3 is 16.3 Å². The Morgan fingerprint density at radius 2 is 1.95 bits per heavy atom. The Morgan fingerprint density at radius 1 is 1.37 bits per heavy atom. The molecule has 0 aliphatic rings. The van der Waals surface area contributed by atoms with Crippen molar-refractivity contribution >= 4 is 16.3 Å². The Labute approximate surface area is 112 Å². The minimum Gasteiger partial charge on any atom is -0.480 e. The number of nitrogens with zero attached hydrogens (tertiary/aromatic N) is 1. The molecule has 0 aliphatic carbocycles. The topological polar surface area (TPSA) is 95.9 Å². The van der Waals surface area contributed by atoms with E-state index < -0.39 is 22.3 Å². The maximum Gasteiger partial charge on any atom is 0.354 e. The highest BCUT2D eigenvalue weighted by Crippen LogP contribution is 2.04. The SMILES string of the molecule is CN(C)S(=O)(=O)ON[C@@H](Cc1ccccc1)C(=O)O. The molecule has 1 atom stereocenters. The van der Waals surface area contributed by atoms with Crippen molar-refractivity contribution in [2.24, 2.45) is 0 Å². The molecule has 0 unspecified atom stereocenters. The summed E-state index contributed by atoms with van der Waals surface area (Å²) in [5, 5.41) is 9.02. The molecule has 0 radical (unpaired) electrons. The summed E-state index contributed by atoms with van der Waals surface area (Å²) in [5.74, 6) is -1.20. The fourth-order valence-electron chi connectivity index (χ4n) is 1.22. The van der Waals surface area contributed by atoms with Gasteiger partial charge in [0.15, 0.2) is 0 Å². The first-order valence-electron chi connectivity index (χ1n) is 5.46. The van der Waals surface area contributed by atoms with Crippen LogP contribution in [0.3, 0.4) is 0 Å². The first-order chi connectivity index (χ1) is 8.83. The molecule has 0 fully saturated rings. The normalized spacial score (nSPS) is 13.4. The summed E-state index contributed by atoms with van der Waals surface area (Å²) in [6, 6.07) is 7.69. The third-order valence-corrected chi connectivity index (χ3v) is 3.52. The monoisotopic (exact) mass is 288 g/mol. The lowest BCUT2D eigenvalue weighted by Gasteiger charge is -2.16. The minimum absolute atomic E-state index is 0.110. The first-order valence-corrected chi connectivity index (χ1v) is 6.82. The van der Waals surface area contributed by atoms with E-state index in [1.54, 1.807) is 30.3 Å². The lowest BCUT2D eigenvalue weighted by molar-refractivity contribution is -0.141. The van der Waals surface area contributed by atoms with E-state index in [1.165, 1.54) is 14.1 Å². The second-order valence-corrected chi connectivity index (χ2v) is 5.77. The fraction of sp³-hybridized carbons (Fsp3) is 0.364. The molecule has 1 aromatic rings. The average Bonchev–Trinajstić information content (AvgIpc) is 2.35. The molecule has 1 rings (SSSR count). The van der Waals surface area contributed by atoms with E-state index in [2.05, 4.69) is 9.76 Å². The maximum atomic E-state index is 11.4. The molecule has 2 N–H and O–H groups in total. The predicted octanol–water partition coefficient (Wildman–Crippen LogP) is 0.00990. The molecular formula is C11H16N2O5S. The number of carboxylic acid groups (broad SMARTS) is 1. The molecule has 0 aromatic heterocycles. The summed E-state index contributed by atoms with van der Waals surface area (Å²) in [5.41, 5.74) is 2.82. The Morgan fingerprint density at radius 3 is 2.42 bits per heavy atom. The van der Waals surface area contributed by atoms with Gasteiger partial charge in [0, 0.05) is 20.5 Å². The van der Waals surface area contributed by atoms with Gasteiger partial charge in [-0.25, -0.2) is 0 Å². The van der Waals surface area contributed by atoms with Gasteiger partial charge in [-0.1, -0.05) is 30.3 Å². The van der Waals surface area contributed by atoms with E-state index in [1.807, 2.05) is 0 Å². The van der Waals surface area contributed by atoms with Crippen molar-refractivity contribution < 1.29 is 22.6 Å². The van der Waals surface area contributed by atoms with E-state index in [-0.39, 0.29) is 6.42 Å². The van der Waals surface area contributed by atoms with Crippen molar-refractivity contribution in [1.29, 1.82) is 0 Å². The zero-order valence-electron chi connectivity index (χ0n) is 10.6. The van der Waals surface area contributed by atoms with Crippen LogP contribution in [0.5, 0.6) is 0 Å². The molecule has 19 heavy (non-hydrogen) atoms. The molecule has 1 aromatic carbocycles. The molecule has 0 saturated carbocycles. The molecule has 0 spiro atoms. The second kappa shape index (κ2) is 6.62. The predicted molar refractivity (Wildman–Crippen MR) is 68.4 cm³/mol. The van der Waals surface area contributed by atoms with E-state index in [4.69, 9.17) is 5.11 Å². The molecule has 7 nitrogen and oxygen atoms in total. The molecular weight excluding hydrogens is 272 g/mol. The van der Waals surface area contributed by atoms with Crippen LogP contribution in [0, 0.1) is 0 Å². The number of hydrogen-bond acceptors (Lipinski definition) is 5. The molecule has 0 aliphatic heterocycles. The van der Waals surface area contributed by atoms with Crippen molar-refractivity contribution in [3.05, 3.63) is 35.9 Å². The highest BCUT2D eigenvalue weighted by atomic mass is 32.2. The first kappa shape index (κ1) is 15.6. The van der Waals surface area contributed by atoms with Crippen molar-refractivity contribution in [2.75, 3.05) is 14.1 Å². The van der Waals surface area contributed by atoms with Gasteiger partial charge in [-0.05, 0) is 5.56 Å². The van der Waals surface area contributed by atoms with Crippen LogP contribution in [0.1, 0.15) is 5.56 Å². The van der Waals surface area contributed by atoms with E-state index in [0.717, 1.165) is 9.87 Å². The lowest BCUT2D eigenvalue weighted by atomic mass is 10.1. The molecule has 0 amide bonds.